The molecule has 180 valence electrons. The zero-order chi connectivity index (χ0) is 23.3. The first kappa shape index (κ1) is 24.1. The van der Waals surface area contributed by atoms with Crippen LogP contribution in [0.5, 0.6) is 0 Å². The summed E-state index contributed by atoms with van der Waals surface area (Å²) >= 11 is 1.48. The van der Waals surface area contributed by atoms with E-state index in [0.29, 0.717) is 29.0 Å². The van der Waals surface area contributed by atoms with Crippen LogP contribution in [-0.2, 0) is 17.5 Å². The number of hydrogen-bond acceptors (Lipinski definition) is 5. The number of benzene rings is 1. The van der Waals surface area contributed by atoms with Crippen LogP contribution in [-0.4, -0.2) is 51.0 Å². The Labute approximate surface area is 196 Å². The molecule has 2 fully saturated rings. The number of carbonyl (C=O) groups excluding carboxylic acids is 1. The zero-order valence-electron chi connectivity index (χ0n) is 18.6. The molecule has 2 aromatic rings. The summed E-state index contributed by atoms with van der Waals surface area (Å²) in [6.07, 6.45) is 2.93. The van der Waals surface area contributed by atoms with E-state index < -0.39 is 11.7 Å². The first-order chi connectivity index (χ1) is 15.9. The molecule has 0 unspecified atom stereocenters. The van der Waals surface area contributed by atoms with Gasteiger partial charge in [0.1, 0.15) is 0 Å². The van der Waals surface area contributed by atoms with Crippen LogP contribution in [0.25, 0.3) is 5.69 Å². The number of aromatic nitrogens is 3. The molecule has 6 nitrogen and oxygen atoms in total. The van der Waals surface area contributed by atoms with Gasteiger partial charge < -0.3 is 10.2 Å². The molecule has 0 spiro atoms. The molecule has 1 amide bonds. The Balaban J connectivity index is 1.50. The van der Waals surface area contributed by atoms with Crippen molar-refractivity contribution in [2.24, 2.45) is 5.92 Å². The van der Waals surface area contributed by atoms with Crippen LogP contribution in [0.2, 0.25) is 0 Å². The predicted molar refractivity (Wildman–Crippen MR) is 121 cm³/mol. The fourth-order valence-electron chi connectivity index (χ4n) is 4.59. The summed E-state index contributed by atoms with van der Waals surface area (Å²) in [5, 5.41) is 11.9. The van der Waals surface area contributed by atoms with Crippen molar-refractivity contribution in [2.45, 2.75) is 62.8 Å². The Bertz CT molecular complexity index is 936. The number of amides is 1. The molecule has 4 rings (SSSR count). The summed E-state index contributed by atoms with van der Waals surface area (Å²) in [4.78, 5) is 14.8. The molecule has 1 aliphatic heterocycles. The first-order valence-corrected chi connectivity index (χ1v) is 12.6. The van der Waals surface area contributed by atoms with E-state index in [2.05, 4.69) is 20.4 Å². The van der Waals surface area contributed by atoms with E-state index in [-0.39, 0.29) is 12.5 Å². The maximum absolute atomic E-state index is 13.3. The zero-order valence-corrected chi connectivity index (χ0v) is 19.4. The quantitative estimate of drug-likeness (QED) is 0.528. The monoisotopic (exact) mass is 481 g/mol. The number of likely N-dealkylation sites (tertiary alicyclic amines) is 1. The summed E-state index contributed by atoms with van der Waals surface area (Å²) in [5.74, 6) is 1.56. The number of alkyl halides is 3. The van der Waals surface area contributed by atoms with Gasteiger partial charge in [-0.15, -0.1) is 10.2 Å². The maximum atomic E-state index is 13.3. The molecule has 1 aromatic heterocycles. The van der Waals surface area contributed by atoms with Gasteiger partial charge in [-0.25, -0.2) is 0 Å². The average molecular weight is 482 g/mol. The standard InChI is InChI=1S/C23H30F3N5OS/c24-23(25,26)18-8-5-9-19(15-18)31-20(16-27-21(32)14-17-6-1-2-7-17)28-29-22(31)33-13-12-30-10-3-4-11-30/h5,8-9,15,17H,1-4,6-7,10-14,16H2,(H,27,32). The van der Waals surface area contributed by atoms with Gasteiger partial charge in [0.05, 0.1) is 17.8 Å². The Morgan fingerprint density at radius 1 is 1.12 bits per heavy atom. The molecule has 0 atom stereocenters. The van der Waals surface area contributed by atoms with E-state index >= 15 is 0 Å². The Morgan fingerprint density at radius 2 is 1.88 bits per heavy atom. The van der Waals surface area contributed by atoms with Gasteiger partial charge in [-0.3, -0.25) is 9.36 Å². The predicted octanol–water partition coefficient (Wildman–Crippen LogP) is 4.67. The Morgan fingerprint density at radius 3 is 2.61 bits per heavy atom. The molecule has 0 radical (unpaired) electrons. The lowest BCUT2D eigenvalue weighted by Gasteiger charge is -2.15. The number of nitrogens with zero attached hydrogens (tertiary/aromatic N) is 4. The lowest BCUT2D eigenvalue weighted by molar-refractivity contribution is -0.137. The van der Waals surface area contributed by atoms with E-state index in [1.807, 2.05) is 0 Å². The number of carbonyl (C=O) groups is 1. The second-order valence-electron chi connectivity index (χ2n) is 8.81. The molecule has 1 N–H and O–H groups in total. The van der Waals surface area contributed by atoms with E-state index in [4.69, 9.17) is 0 Å². The lowest BCUT2D eigenvalue weighted by Crippen LogP contribution is -2.26. The molecule has 2 heterocycles. The minimum absolute atomic E-state index is 0.0521. The van der Waals surface area contributed by atoms with Crippen LogP contribution < -0.4 is 5.32 Å². The largest absolute Gasteiger partial charge is 0.416 e. The molecule has 0 bridgehead atoms. The highest BCUT2D eigenvalue weighted by Crippen LogP contribution is 2.32. The van der Waals surface area contributed by atoms with Crippen LogP contribution in [0.4, 0.5) is 13.2 Å². The molecule has 33 heavy (non-hydrogen) atoms. The SMILES string of the molecule is O=C(CC1CCCC1)NCc1nnc(SCCN2CCCC2)n1-c1cccc(C(F)(F)F)c1. The van der Waals surface area contributed by atoms with Crippen molar-refractivity contribution >= 4 is 17.7 Å². The molecule has 1 aromatic carbocycles. The second kappa shape index (κ2) is 10.9. The number of thioether (sulfide) groups is 1. The average Bonchev–Trinajstić information content (AvgIpc) is 3.55. The van der Waals surface area contributed by atoms with Crippen molar-refractivity contribution < 1.29 is 18.0 Å². The molecular formula is C23H30F3N5OS. The third-order valence-corrected chi connectivity index (χ3v) is 7.27. The van der Waals surface area contributed by atoms with Crippen molar-refractivity contribution in [3.63, 3.8) is 0 Å². The number of rotatable bonds is 9. The molecule has 1 saturated carbocycles. The van der Waals surface area contributed by atoms with Crippen LogP contribution in [0, 0.1) is 5.92 Å². The van der Waals surface area contributed by atoms with Gasteiger partial charge in [-0.2, -0.15) is 13.2 Å². The molecule has 10 heteroatoms. The van der Waals surface area contributed by atoms with E-state index in [1.54, 1.807) is 10.6 Å². The number of halogens is 3. The van der Waals surface area contributed by atoms with E-state index in [0.717, 1.165) is 50.4 Å². The maximum Gasteiger partial charge on any atom is 0.416 e. The van der Waals surface area contributed by atoms with Crippen LogP contribution >= 0.6 is 11.8 Å². The fourth-order valence-corrected chi connectivity index (χ4v) is 5.56. The summed E-state index contributed by atoms with van der Waals surface area (Å²) in [7, 11) is 0. The van der Waals surface area contributed by atoms with Crippen molar-refractivity contribution in [2.75, 3.05) is 25.4 Å². The van der Waals surface area contributed by atoms with Crippen molar-refractivity contribution in [3.8, 4) is 5.69 Å². The van der Waals surface area contributed by atoms with Crippen LogP contribution in [0.1, 0.15) is 56.3 Å². The van der Waals surface area contributed by atoms with Gasteiger partial charge in [0, 0.05) is 18.7 Å². The van der Waals surface area contributed by atoms with Gasteiger partial charge in [0.2, 0.25) is 5.91 Å². The van der Waals surface area contributed by atoms with Crippen molar-refractivity contribution in [1.29, 1.82) is 0 Å². The van der Waals surface area contributed by atoms with E-state index in [1.165, 1.54) is 43.5 Å². The van der Waals surface area contributed by atoms with Gasteiger partial charge in [0.25, 0.3) is 0 Å². The smallest absolute Gasteiger partial charge is 0.349 e. The lowest BCUT2D eigenvalue weighted by atomic mass is 10.0. The van der Waals surface area contributed by atoms with Crippen molar-refractivity contribution in [3.05, 3.63) is 35.7 Å². The van der Waals surface area contributed by atoms with Gasteiger partial charge in [0.15, 0.2) is 11.0 Å². The molecule has 1 aliphatic carbocycles. The molecular weight excluding hydrogens is 451 g/mol. The van der Waals surface area contributed by atoms with Gasteiger partial charge >= 0.3 is 6.18 Å². The summed E-state index contributed by atoms with van der Waals surface area (Å²) in [5.41, 5.74) is -0.378. The topological polar surface area (TPSA) is 63.1 Å². The number of hydrogen-bond donors (Lipinski definition) is 1. The van der Waals surface area contributed by atoms with Gasteiger partial charge in [-0.05, 0) is 62.9 Å². The fraction of sp³-hybridized carbons (Fsp3) is 0.609. The van der Waals surface area contributed by atoms with Crippen LogP contribution in [0.15, 0.2) is 29.4 Å². The summed E-state index contributed by atoms with van der Waals surface area (Å²) in [6, 6.07) is 5.17. The minimum Gasteiger partial charge on any atom is -0.349 e. The molecule has 1 saturated heterocycles. The molecule has 2 aliphatic rings. The van der Waals surface area contributed by atoms with Crippen LogP contribution in [0.3, 0.4) is 0 Å². The number of nitrogens with one attached hydrogen (secondary N) is 1. The van der Waals surface area contributed by atoms with E-state index in [9.17, 15) is 18.0 Å². The second-order valence-corrected chi connectivity index (χ2v) is 9.87. The highest BCUT2D eigenvalue weighted by molar-refractivity contribution is 7.99. The first-order valence-electron chi connectivity index (χ1n) is 11.6. The third-order valence-electron chi connectivity index (χ3n) is 6.36. The minimum atomic E-state index is -4.44. The van der Waals surface area contributed by atoms with Crippen molar-refractivity contribution in [1.82, 2.24) is 25.0 Å². The van der Waals surface area contributed by atoms with Gasteiger partial charge in [-0.1, -0.05) is 30.7 Å². The summed E-state index contributed by atoms with van der Waals surface area (Å²) in [6.45, 7) is 3.19. The third kappa shape index (κ3) is 6.50. The highest BCUT2D eigenvalue weighted by atomic mass is 32.2. The Kier molecular flexibility index (Phi) is 7.95. The Hall–Kier alpha value is -2.07. The highest BCUT2D eigenvalue weighted by Gasteiger charge is 2.31. The summed E-state index contributed by atoms with van der Waals surface area (Å²) < 4.78 is 41.6. The normalized spacial score (nSPS) is 17.7.